The Labute approximate surface area is 142 Å². The van der Waals surface area contributed by atoms with Gasteiger partial charge in [0.05, 0.1) is 18.3 Å². The van der Waals surface area contributed by atoms with E-state index in [0.29, 0.717) is 33.8 Å². The zero-order chi connectivity index (χ0) is 18.3. The number of carbonyl (C=O) groups excluding carboxylic acids is 1. The predicted octanol–water partition coefficient (Wildman–Crippen LogP) is 1.17. The molecule has 0 bridgehead atoms. The number of aromatic amines is 1. The van der Waals surface area contributed by atoms with Crippen LogP contribution in [0.25, 0.3) is 22.3 Å². The van der Waals surface area contributed by atoms with E-state index in [-0.39, 0.29) is 0 Å². The molecule has 3 rings (SSSR count). The van der Waals surface area contributed by atoms with E-state index in [1.165, 1.54) is 25.6 Å². The highest BCUT2D eigenvalue weighted by Gasteiger charge is 2.15. The van der Waals surface area contributed by atoms with Crippen LogP contribution in [0.2, 0.25) is 0 Å². The molecule has 0 saturated heterocycles. The highest BCUT2D eigenvalue weighted by atomic mass is 16.5. The average Bonchev–Trinajstić information content (AvgIpc) is 3.02. The van der Waals surface area contributed by atoms with Gasteiger partial charge in [-0.25, -0.2) is 4.79 Å². The molecule has 2 heterocycles. The van der Waals surface area contributed by atoms with Gasteiger partial charge in [-0.3, -0.25) is 18.7 Å². The number of rotatable bonds is 3. The van der Waals surface area contributed by atoms with E-state index in [1.54, 1.807) is 31.3 Å². The summed E-state index contributed by atoms with van der Waals surface area (Å²) in [6, 6.07) is 6.63. The normalized spacial score (nSPS) is 10.9. The number of esters is 1. The van der Waals surface area contributed by atoms with Crippen molar-refractivity contribution in [2.75, 3.05) is 7.11 Å². The van der Waals surface area contributed by atoms with Gasteiger partial charge in [-0.1, -0.05) is 0 Å². The van der Waals surface area contributed by atoms with E-state index < -0.39 is 17.2 Å². The molecule has 0 atom stereocenters. The van der Waals surface area contributed by atoms with Crippen LogP contribution in [-0.4, -0.2) is 27.2 Å². The number of H-pyrrole nitrogens is 1. The fourth-order valence-corrected chi connectivity index (χ4v) is 2.72. The molecule has 1 aromatic carbocycles. The summed E-state index contributed by atoms with van der Waals surface area (Å²) in [6.07, 6.45) is 0. The van der Waals surface area contributed by atoms with E-state index in [1.807, 2.05) is 0 Å². The lowest BCUT2D eigenvalue weighted by Gasteiger charge is -2.09. The average molecular weight is 343 g/mol. The van der Waals surface area contributed by atoms with Gasteiger partial charge in [0.15, 0.2) is 0 Å². The second kappa shape index (κ2) is 5.97. The van der Waals surface area contributed by atoms with Gasteiger partial charge in [-0.15, -0.1) is 0 Å². The third-order valence-electron chi connectivity index (χ3n) is 3.98. The molecule has 0 radical (unpaired) electrons. The number of aromatic nitrogens is 3. The number of carbonyl (C=O) groups is 1. The summed E-state index contributed by atoms with van der Waals surface area (Å²) >= 11 is 0. The maximum absolute atomic E-state index is 12.3. The van der Waals surface area contributed by atoms with Gasteiger partial charge in [0.1, 0.15) is 17.0 Å². The summed E-state index contributed by atoms with van der Waals surface area (Å²) in [6.45, 7) is 1.31. The Bertz CT molecular complexity index is 1100. The first-order valence-electron chi connectivity index (χ1n) is 7.49. The van der Waals surface area contributed by atoms with Crippen molar-refractivity contribution >= 4 is 17.0 Å². The topological polar surface area (TPSA) is 95.3 Å². The Balaban J connectivity index is 2.22. The summed E-state index contributed by atoms with van der Waals surface area (Å²) in [5, 5.41) is 0. The van der Waals surface area contributed by atoms with Crippen molar-refractivity contribution < 1.29 is 14.3 Å². The molecular weight excluding hydrogens is 326 g/mol. The minimum Gasteiger partial charge on any atom is -0.496 e. The molecule has 0 aliphatic rings. The van der Waals surface area contributed by atoms with Crippen LogP contribution in [0, 0.1) is 0 Å². The Morgan fingerprint density at radius 1 is 1.12 bits per heavy atom. The van der Waals surface area contributed by atoms with Gasteiger partial charge in [0.2, 0.25) is 0 Å². The van der Waals surface area contributed by atoms with Gasteiger partial charge in [0, 0.05) is 32.6 Å². The highest BCUT2D eigenvalue weighted by molar-refractivity contribution is 5.84. The Morgan fingerprint density at radius 2 is 1.84 bits per heavy atom. The van der Waals surface area contributed by atoms with Crippen molar-refractivity contribution in [1.82, 2.24) is 14.1 Å². The minimum absolute atomic E-state index is 0.325. The monoisotopic (exact) mass is 343 g/mol. The zero-order valence-corrected chi connectivity index (χ0v) is 14.2. The molecular formula is C17H17N3O5. The number of fused-ring (bicyclic) bond motifs is 1. The molecule has 0 spiro atoms. The number of nitrogens with zero attached hydrogens (tertiary/aromatic N) is 2. The van der Waals surface area contributed by atoms with Gasteiger partial charge in [0.25, 0.3) is 5.56 Å². The third-order valence-corrected chi connectivity index (χ3v) is 3.98. The number of methoxy groups -OCH3 is 1. The van der Waals surface area contributed by atoms with Crippen molar-refractivity contribution in [2.24, 2.45) is 14.1 Å². The van der Waals surface area contributed by atoms with Crippen molar-refractivity contribution in [1.29, 1.82) is 0 Å². The van der Waals surface area contributed by atoms with Crippen molar-refractivity contribution in [3.8, 4) is 22.8 Å². The zero-order valence-electron chi connectivity index (χ0n) is 14.2. The number of benzene rings is 1. The molecule has 2 aromatic heterocycles. The first-order valence-corrected chi connectivity index (χ1v) is 7.49. The Morgan fingerprint density at radius 3 is 2.48 bits per heavy atom. The quantitative estimate of drug-likeness (QED) is 0.569. The Kier molecular flexibility index (Phi) is 3.96. The lowest BCUT2D eigenvalue weighted by molar-refractivity contribution is -0.131. The maximum Gasteiger partial charge on any atom is 0.331 e. The molecule has 130 valence electrons. The first-order chi connectivity index (χ1) is 11.8. The first kappa shape index (κ1) is 16.6. The molecule has 3 aromatic rings. The van der Waals surface area contributed by atoms with E-state index in [4.69, 9.17) is 9.47 Å². The molecule has 0 aliphatic carbocycles. The lowest BCUT2D eigenvalue weighted by Crippen LogP contribution is -2.36. The number of hydrogen-bond donors (Lipinski definition) is 1. The molecule has 0 saturated carbocycles. The fraction of sp³-hybridized carbons (Fsp3) is 0.235. The Hall–Kier alpha value is -3.29. The van der Waals surface area contributed by atoms with E-state index in [0.717, 1.165) is 4.57 Å². The standard InChI is InChI=1S/C17H17N3O5/c1-9(21)25-10-5-6-11(14(7-10)24-4)12-8-13-15(18-12)16(22)20(3)17(23)19(13)2/h5-8,18H,1-4H3. The maximum atomic E-state index is 12.3. The number of aryl methyl sites for hydroxylation is 1. The highest BCUT2D eigenvalue weighted by Crippen LogP contribution is 2.33. The molecule has 1 N–H and O–H groups in total. The van der Waals surface area contributed by atoms with Gasteiger partial charge in [-0.2, -0.15) is 0 Å². The van der Waals surface area contributed by atoms with Gasteiger partial charge >= 0.3 is 11.7 Å². The summed E-state index contributed by atoms with van der Waals surface area (Å²) in [7, 11) is 4.52. The van der Waals surface area contributed by atoms with Gasteiger partial charge in [-0.05, 0) is 18.2 Å². The summed E-state index contributed by atoms with van der Waals surface area (Å²) in [5.74, 6) is 0.388. The second-order valence-electron chi connectivity index (χ2n) is 5.60. The molecule has 0 amide bonds. The van der Waals surface area contributed by atoms with Crippen molar-refractivity contribution in [3.63, 3.8) is 0 Å². The molecule has 0 unspecified atom stereocenters. The summed E-state index contributed by atoms with van der Waals surface area (Å²) < 4.78 is 12.9. The van der Waals surface area contributed by atoms with Crippen LogP contribution in [0.3, 0.4) is 0 Å². The number of nitrogens with one attached hydrogen (secondary N) is 1. The SMILES string of the molecule is COc1cc(OC(C)=O)ccc1-c1cc2c([nH]1)c(=O)n(C)c(=O)n2C. The number of hydrogen-bond acceptors (Lipinski definition) is 5. The minimum atomic E-state index is -0.432. The summed E-state index contributed by atoms with van der Waals surface area (Å²) in [5.41, 5.74) is 1.30. The van der Waals surface area contributed by atoms with E-state index in [2.05, 4.69) is 4.98 Å². The van der Waals surface area contributed by atoms with Crippen LogP contribution in [-0.2, 0) is 18.9 Å². The van der Waals surface area contributed by atoms with E-state index >= 15 is 0 Å². The molecule has 8 nitrogen and oxygen atoms in total. The van der Waals surface area contributed by atoms with Crippen molar-refractivity contribution in [3.05, 3.63) is 45.1 Å². The summed E-state index contributed by atoms with van der Waals surface area (Å²) in [4.78, 5) is 38.5. The number of ether oxygens (including phenoxy) is 2. The smallest absolute Gasteiger partial charge is 0.331 e. The predicted molar refractivity (Wildman–Crippen MR) is 92.1 cm³/mol. The van der Waals surface area contributed by atoms with E-state index in [9.17, 15) is 14.4 Å². The third kappa shape index (κ3) is 2.71. The van der Waals surface area contributed by atoms with Crippen LogP contribution in [0.1, 0.15) is 6.92 Å². The molecule has 8 heteroatoms. The largest absolute Gasteiger partial charge is 0.496 e. The van der Waals surface area contributed by atoms with Crippen LogP contribution in [0.4, 0.5) is 0 Å². The molecule has 0 aliphatic heterocycles. The molecule has 0 fully saturated rings. The fourth-order valence-electron chi connectivity index (χ4n) is 2.72. The van der Waals surface area contributed by atoms with Crippen LogP contribution in [0.15, 0.2) is 33.9 Å². The molecule has 25 heavy (non-hydrogen) atoms. The van der Waals surface area contributed by atoms with Crippen LogP contribution >= 0.6 is 0 Å². The lowest BCUT2D eigenvalue weighted by atomic mass is 10.1. The van der Waals surface area contributed by atoms with Crippen molar-refractivity contribution in [2.45, 2.75) is 6.92 Å². The second-order valence-corrected chi connectivity index (χ2v) is 5.60. The van der Waals surface area contributed by atoms with Crippen LogP contribution in [0.5, 0.6) is 11.5 Å². The van der Waals surface area contributed by atoms with Crippen LogP contribution < -0.4 is 20.7 Å². The van der Waals surface area contributed by atoms with Gasteiger partial charge < -0.3 is 14.5 Å².